The molecule has 4 nitrogen and oxygen atoms in total. The van der Waals surface area contributed by atoms with Gasteiger partial charge in [-0.15, -0.1) is 0 Å². The van der Waals surface area contributed by atoms with Crippen LogP contribution in [0, 0.1) is 0 Å². The predicted octanol–water partition coefficient (Wildman–Crippen LogP) is 2.12. The van der Waals surface area contributed by atoms with Crippen molar-refractivity contribution >= 4 is 0 Å². The predicted molar refractivity (Wildman–Crippen MR) is 75.6 cm³/mol. The summed E-state index contributed by atoms with van der Waals surface area (Å²) in [7, 11) is 1.98. The number of aromatic nitrogens is 2. The molecule has 0 aliphatic rings. The Balaban J connectivity index is 1.50. The zero-order valence-corrected chi connectivity index (χ0v) is 11.4. The maximum absolute atomic E-state index is 5.59. The number of aryl methyl sites for hydroxylation is 1. The molecule has 2 rings (SSSR count). The van der Waals surface area contributed by atoms with E-state index in [1.165, 1.54) is 5.56 Å². The molecule has 2 aromatic rings. The summed E-state index contributed by atoms with van der Waals surface area (Å²) in [4.78, 5) is 4.21. The Kier molecular flexibility index (Phi) is 5.59. The standard InChI is InChI=1S/C15H21N3O/c1-18-10-9-17-15(18)13-19-11-5-8-16-12-14-6-3-2-4-7-14/h2-4,6-7,9-10,16H,5,8,11-13H2,1H3. The molecule has 0 amide bonds. The van der Waals surface area contributed by atoms with Gasteiger partial charge in [-0.25, -0.2) is 4.98 Å². The Bertz CT molecular complexity index is 467. The molecule has 102 valence electrons. The molecule has 0 atom stereocenters. The van der Waals surface area contributed by atoms with E-state index in [1.54, 1.807) is 6.20 Å². The molecule has 1 aromatic carbocycles. The lowest BCUT2D eigenvalue weighted by molar-refractivity contribution is 0.111. The van der Waals surface area contributed by atoms with Crippen molar-refractivity contribution in [2.45, 2.75) is 19.6 Å². The molecule has 0 bridgehead atoms. The average Bonchev–Trinajstić information content (AvgIpc) is 2.84. The van der Waals surface area contributed by atoms with Crippen molar-refractivity contribution in [3.63, 3.8) is 0 Å². The Morgan fingerprint density at radius 1 is 1.26 bits per heavy atom. The van der Waals surface area contributed by atoms with Crippen LogP contribution in [0.25, 0.3) is 0 Å². The Hall–Kier alpha value is -1.65. The SMILES string of the molecule is Cn1ccnc1COCCCNCc1ccccc1. The lowest BCUT2D eigenvalue weighted by Crippen LogP contribution is -2.16. The highest BCUT2D eigenvalue weighted by atomic mass is 16.5. The second-order valence-corrected chi connectivity index (χ2v) is 4.52. The number of imidazole rings is 1. The van der Waals surface area contributed by atoms with Crippen molar-refractivity contribution in [3.8, 4) is 0 Å². The number of benzene rings is 1. The Morgan fingerprint density at radius 2 is 2.11 bits per heavy atom. The minimum absolute atomic E-state index is 0.586. The molecule has 0 saturated carbocycles. The maximum Gasteiger partial charge on any atom is 0.134 e. The van der Waals surface area contributed by atoms with Crippen LogP contribution in [-0.4, -0.2) is 22.7 Å². The second-order valence-electron chi connectivity index (χ2n) is 4.52. The van der Waals surface area contributed by atoms with Crippen LogP contribution in [0.1, 0.15) is 17.8 Å². The highest BCUT2D eigenvalue weighted by Crippen LogP contribution is 1.98. The third kappa shape index (κ3) is 4.85. The smallest absolute Gasteiger partial charge is 0.134 e. The number of ether oxygens (including phenoxy) is 1. The largest absolute Gasteiger partial charge is 0.373 e. The van der Waals surface area contributed by atoms with Gasteiger partial charge in [-0.3, -0.25) is 0 Å². The molecule has 4 heteroatoms. The lowest BCUT2D eigenvalue weighted by atomic mass is 10.2. The first-order valence-electron chi connectivity index (χ1n) is 6.65. The fraction of sp³-hybridized carbons (Fsp3) is 0.400. The van der Waals surface area contributed by atoms with Crippen molar-refractivity contribution < 1.29 is 4.74 Å². The van der Waals surface area contributed by atoms with E-state index in [0.29, 0.717) is 6.61 Å². The summed E-state index contributed by atoms with van der Waals surface area (Å²) >= 11 is 0. The molecular formula is C15H21N3O. The minimum Gasteiger partial charge on any atom is -0.373 e. The van der Waals surface area contributed by atoms with Crippen LogP contribution in [0.5, 0.6) is 0 Å². The van der Waals surface area contributed by atoms with Crippen molar-refractivity contribution in [2.75, 3.05) is 13.2 Å². The van der Waals surface area contributed by atoms with E-state index in [2.05, 4.69) is 34.6 Å². The molecule has 0 radical (unpaired) electrons. The molecule has 0 aliphatic heterocycles. The van der Waals surface area contributed by atoms with E-state index >= 15 is 0 Å². The minimum atomic E-state index is 0.586. The number of nitrogens with one attached hydrogen (secondary N) is 1. The average molecular weight is 259 g/mol. The molecule has 0 saturated heterocycles. The van der Waals surface area contributed by atoms with E-state index in [9.17, 15) is 0 Å². The summed E-state index contributed by atoms with van der Waals surface area (Å²) < 4.78 is 7.57. The topological polar surface area (TPSA) is 39.1 Å². The molecule has 1 N–H and O–H groups in total. The van der Waals surface area contributed by atoms with Gasteiger partial charge in [-0.2, -0.15) is 0 Å². The fourth-order valence-electron chi connectivity index (χ4n) is 1.83. The number of rotatable bonds is 8. The van der Waals surface area contributed by atoms with Gasteiger partial charge in [-0.05, 0) is 18.5 Å². The van der Waals surface area contributed by atoms with Crippen LogP contribution in [0.15, 0.2) is 42.7 Å². The maximum atomic E-state index is 5.59. The first kappa shape index (κ1) is 13.8. The number of hydrogen-bond acceptors (Lipinski definition) is 3. The zero-order valence-electron chi connectivity index (χ0n) is 11.4. The van der Waals surface area contributed by atoms with Gasteiger partial charge in [0.15, 0.2) is 0 Å². The van der Waals surface area contributed by atoms with Crippen LogP contribution >= 0.6 is 0 Å². The van der Waals surface area contributed by atoms with Crippen LogP contribution in [0.3, 0.4) is 0 Å². The Labute approximate surface area is 114 Å². The van der Waals surface area contributed by atoms with Crippen LogP contribution < -0.4 is 5.32 Å². The van der Waals surface area contributed by atoms with E-state index in [0.717, 1.165) is 31.9 Å². The van der Waals surface area contributed by atoms with Crippen molar-refractivity contribution in [1.29, 1.82) is 0 Å². The van der Waals surface area contributed by atoms with Crippen LogP contribution in [0.2, 0.25) is 0 Å². The van der Waals surface area contributed by atoms with Gasteiger partial charge < -0.3 is 14.6 Å². The summed E-state index contributed by atoms with van der Waals surface area (Å²) in [5.74, 6) is 0.970. The van der Waals surface area contributed by atoms with Crippen molar-refractivity contribution in [1.82, 2.24) is 14.9 Å². The van der Waals surface area contributed by atoms with Gasteiger partial charge in [0.1, 0.15) is 12.4 Å². The summed E-state index contributed by atoms with van der Waals surface area (Å²) in [5.41, 5.74) is 1.32. The number of hydrogen-bond donors (Lipinski definition) is 1. The number of nitrogens with zero attached hydrogens (tertiary/aromatic N) is 2. The van der Waals surface area contributed by atoms with Gasteiger partial charge in [0.2, 0.25) is 0 Å². The van der Waals surface area contributed by atoms with E-state index in [-0.39, 0.29) is 0 Å². The highest BCUT2D eigenvalue weighted by Gasteiger charge is 1.98. The summed E-state index contributed by atoms with van der Waals surface area (Å²) in [5, 5.41) is 3.41. The van der Waals surface area contributed by atoms with Crippen LogP contribution in [0.4, 0.5) is 0 Å². The van der Waals surface area contributed by atoms with Gasteiger partial charge in [0.25, 0.3) is 0 Å². The van der Waals surface area contributed by atoms with Crippen molar-refractivity contribution in [2.24, 2.45) is 7.05 Å². The summed E-state index contributed by atoms with van der Waals surface area (Å²) in [6.07, 6.45) is 4.73. The monoisotopic (exact) mass is 259 g/mol. The molecule has 1 aromatic heterocycles. The van der Waals surface area contributed by atoms with E-state index in [1.807, 2.05) is 23.9 Å². The highest BCUT2D eigenvalue weighted by molar-refractivity contribution is 5.14. The molecule has 0 aliphatic carbocycles. The van der Waals surface area contributed by atoms with Crippen LogP contribution in [-0.2, 0) is 24.9 Å². The lowest BCUT2D eigenvalue weighted by Gasteiger charge is -2.06. The molecular weight excluding hydrogens is 238 g/mol. The third-order valence-electron chi connectivity index (χ3n) is 2.97. The van der Waals surface area contributed by atoms with Gasteiger partial charge in [0, 0.05) is 32.6 Å². The Morgan fingerprint density at radius 3 is 2.84 bits per heavy atom. The zero-order chi connectivity index (χ0) is 13.3. The summed E-state index contributed by atoms with van der Waals surface area (Å²) in [6.45, 7) is 3.23. The van der Waals surface area contributed by atoms with Gasteiger partial charge >= 0.3 is 0 Å². The fourth-order valence-corrected chi connectivity index (χ4v) is 1.83. The molecule has 0 unspecified atom stereocenters. The van der Waals surface area contributed by atoms with Gasteiger partial charge in [0.05, 0.1) is 0 Å². The third-order valence-corrected chi connectivity index (χ3v) is 2.97. The molecule has 1 heterocycles. The second kappa shape index (κ2) is 7.71. The molecule has 0 fully saturated rings. The van der Waals surface area contributed by atoms with Crippen molar-refractivity contribution in [3.05, 3.63) is 54.1 Å². The first-order valence-corrected chi connectivity index (χ1v) is 6.65. The molecule has 0 spiro atoms. The van der Waals surface area contributed by atoms with Gasteiger partial charge in [-0.1, -0.05) is 30.3 Å². The van der Waals surface area contributed by atoms with E-state index < -0.39 is 0 Å². The molecule has 19 heavy (non-hydrogen) atoms. The first-order chi connectivity index (χ1) is 9.36. The summed E-state index contributed by atoms with van der Waals surface area (Å²) in [6, 6.07) is 10.4. The normalized spacial score (nSPS) is 10.8. The quantitative estimate of drug-likeness (QED) is 0.738. The van der Waals surface area contributed by atoms with E-state index in [4.69, 9.17) is 4.74 Å².